The van der Waals surface area contributed by atoms with Gasteiger partial charge >= 0.3 is 6.18 Å². The Balaban J connectivity index is 1.25. The molecule has 0 aliphatic carbocycles. The first-order chi connectivity index (χ1) is 18.1. The molecule has 12 heteroatoms. The quantitative estimate of drug-likeness (QED) is 0.266. The molecule has 0 radical (unpaired) electrons. The van der Waals surface area contributed by atoms with Crippen LogP contribution in [-0.2, 0) is 24.3 Å². The Labute approximate surface area is 219 Å². The zero-order chi connectivity index (χ0) is 27.0. The molecule has 3 N–H and O–H groups in total. The molecule has 1 fully saturated rings. The van der Waals surface area contributed by atoms with E-state index in [2.05, 4.69) is 26.1 Å². The van der Waals surface area contributed by atoms with E-state index in [-0.39, 0.29) is 23.3 Å². The first kappa shape index (κ1) is 25.9. The Kier molecular flexibility index (Phi) is 6.98. The Bertz CT molecular complexity index is 1550. The molecule has 4 heterocycles. The molecule has 5 rings (SSSR count). The van der Waals surface area contributed by atoms with E-state index in [4.69, 9.17) is 12.2 Å². The maximum Gasteiger partial charge on any atom is 0.393 e. The number of rotatable bonds is 7. The van der Waals surface area contributed by atoms with Gasteiger partial charge in [0.1, 0.15) is 29.3 Å². The highest BCUT2D eigenvalue weighted by atomic mass is 32.1. The highest BCUT2D eigenvalue weighted by Gasteiger charge is 2.29. The smallest absolute Gasteiger partial charge is 0.368 e. The van der Waals surface area contributed by atoms with Crippen LogP contribution in [0.4, 0.5) is 23.4 Å². The lowest BCUT2D eigenvalue weighted by Crippen LogP contribution is -2.39. The molecule has 0 saturated carbocycles. The topological polar surface area (TPSA) is 89.1 Å². The van der Waals surface area contributed by atoms with E-state index in [9.17, 15) is 18.0 Å². The molecule has 0 spiro atoms. The monoisotopic (exact) mass is 544 g/mol. The molecule has 38 heavy (non-hydrogen) atoms. The van der Waals surface area contributed by atoms with E-state index < -0.39 is 18.5 Å². The highest BCUT2D eigenvalue weighted by molar-refractivity contribution is 7.18. The van der Waals surface area contributed by atoms with Gasteiger partial charge in [0.2, 0.25) is 5.91 Å². The normalized spacial score (nSPS) is 15.2. The lowest BCUT2D eigenvalue weighted by Gasteiger charge is -2.32. The number of aromatic nitrogens is 3. The molecule has 1 aliphatic heterocycles. The second kappa shape index (κ2) is 10.2. The number of carbonyl (C=O) groups excluding carboxylic acids is 1. The average molecular weight is 545 g/mol. The third-order valence-corrected chi connectivity index (χ3v) is 7.68. The van der Waals surface area contributed by atoms with Gasteiger partial charge in [-0.15, -0.1) is 17.8 Å². The maximum absolute atomic E-state index is 15.4. The Morgan fingerprint density at radius 2 is 1.97 bits per heavy atom. The van der Waals surface area contributed by atoms with Crippen LogP contribution in [0.1, 0.15) is 29.0 Å². The van der Waals surface area contributed by atoms with Crippen LogP contribution in [0.5, 0.6) is 0 Å². The van der Waals surface area contributed by atoms with Gasteiger partial charge in [-0.2, -0.15) is 13.2 Å². The van der Waals surface area contributed by atoms with E-state index in [0.29, 0.717) is 57.8 Å². The summed E-state index contributed by atoms with van der Waals surface area (Å²) in [7, 11) is 0. The van der Waals surface area contributed by atoms with Gasteiger partial charge in [-0.1, -0.05) is 12.0 Å². The summed E-state index contributed by atoms with van der Waals surface area (Å²) in [4.78, 5) is 22.7. The van der Waals surface area contributed by atoms with Crippen LogP contribution < -0.4 is 11.1 Å². The lowest BCUT2D eigenvalue weighted by atomic mass is 10.0. The number of nitrogens with one attached hydrogen (secondary N) is 1. The molecule has 0 atom stereocenters. The van der Waals surface area contributed by atoms with Gasteiger partial charge in [0.05, 0.1) is 23.0 Å². The lowest BCUT2D eigenvalue weighted by molar-refractivity contribution is -0.126. The summed E-state index contributed by atoms with van der Waals surface area (Å²) < 4.78 is 55.4. The summed E-state index contributed by atoms with van der Waals surface area (Å²) in [5, 5.41) is 4.30. The Morgan fingerprint density at radius 1 is 1.21 bits per heavy atom. The number of alkyl halides is 3. The van der Waals surface area contributed by atoms with Crippen molar-refractivity contribution >= 4 is 44.2 Å². The van der Waals surface area contributed by atoms with Gasteiger partial charge in [-0.3, -0.25) is 9.69 Å². The molecule has 7 nitrogen and oxygen atoms in total. The zero-order valence-electron chi connectivity index (χ0n) is 20.2. The molecular formula is C26H24F4N6OS. The standard InChI is InChI=1S/C26H24F4N6OS/c1-2-17-9-19-21(36(17)13-22(31)37)4-3-15(23(19)27)12-35-7-5-16(6-8-35)34-24-20-10-18(11-26(28,29)30)38-25(20)33-14-32-24/h1,3-4,9-10,14,16H,5-8,11-13H2,(H2,31,37)(H,32,33,34). The van der Waals surface area contributed by atoms with Gasteiger partial charge in [0, 0.05) is 41.5 Å². The molecular weight excluding hydrogens is 520 g/mol. The number of primary amides is 1. The van der Waals surface area contributed by atoms with Crippen molar-refractivity contribution in [2.75, 3.05) is 18.4 Å². The van der Waals surface area contributed by atoms with Crippen molar-refractivity contribution < 1.29 is 22.4 Å². The first-order valence-electron chi connectivity index (χ1n) is 12.0. The van der Waals surface area contributed by atoms with Crippen LogP contribution in [0.3, 0.4) is 0 Å². The number of benzene rings is 1. The van der Waals surface area contributed by atoms with Crippen LogP contribution in [0.15, 0.2) is 30.6 Å². The average Bonchev–Trinajstić information content (AvgIpc) is 3.42. The fraction of sp³-hybridized carbons (Fsp3) is 0.346. The molecule has 1 amide bonds. The summed E-state index contributed by atoms with van der Waals surface area (Å²) in [6, 6.07) is 6.59. The van der Waals surface area contributed by atoms with Crippen molar-refractivity contribution in [1.82, 2.24) is 19.4 Å². The number of fused-ring (bicyclic) bond motifs is 2. The van der Waals surface area contributed by atoms with Crippen molar-refractivity contribution in [3.05, 3.63) is 52.5 Å². The van der Waals surface area contributed by atoms with Crippen molar-refractivity contribution in [2.45, 2.75) is 44.6 Å². The van der Waals surface area contributed by atoms with Crippen molar-refractivity contribution in [2.24, 2.45) is 5.73 Å². The number of terminal acetylenes is 1. The summed E-state index contributed by atoms with van der Waals surface area (Å²) in [6.45, 7) is 1.68. The minimum Gasteiger partial charge on any atom is -0.368 e. The van der Waals surface area contributed by atoms with Crippen LogP contribution in [0.2, 0.25) is 0 Å². The number of likely N-dealkylation sites (tertiary alicyclic amines) is 1. The highest BCUT2D eigenvalue weighted by Crippen LogP contribution is 2.33. The van der Waals surface area contributed by atoms with Gasteiger partial charge in [0.15, 0.2) is 0 Å². The SMILES string of the molecule is C#Cc1cc2c(F)c(CN3CCC(Nc4ncnc5sc(CC(F)(F)F)cc45)CC3)ccc2n1CC(N)=O. The van der Waals surface area contributed by atoms with Crippen molar-refractivity contribution in [1.29, 1.82) is 0 Å². The van der Waals surface area contributed by atoms with Gasteiger partial charge < -0.3 is 15.6 Å². The molecule has 0 unspecified atom stereocenters. The first-order valence-corrected chi connectivity index (χ1v) is 12.8. The third-order valence-electron chi connectivity index (χ3n) is 6.64. The number of thiophene rings is 1. The van der Waals surface area contributed by atoms with Crippen LogP contribution in [-0.4, -0.2) is 50.6 Å². The number of nitrogens with zero attached hydrogens (tertiary/aromatic N) is 4. The van der Waals surface area contributed by atoms with Gasteiger partial charge in [-0.05, 0) is 31.0 Å². The van der Waals surface area contributed by atoms with E-state index in [1.54, 1.807) is 18.2 Å². The summed E-state index contributed by atoms with van der Waals surface area (Å²) >= 11 is 1.02. The molecule has 1 saturated heterocycles. The fourth-order valence-corrected chi connectivity index (χ4v) is 5.91. The molecule has 1 aliphatic rings. The van der Waals surface area contributed by atoms with E-state index in [0.717, 1.165) is 24.2 Å². The largest absolute Gasteiger partial charge is 0.393 e. The van der Waals surface area contributed by atoms with Crippen molar-refractivity contribution in [3.8, 4) is 12.3 Å². The number of hydrogen-bond donors (Lipinski definition) is 2. The number of nitrogens with two attached hydrogens (primary N) is 1. The van der Waals surface area contributed by atoms with E-state index in [1.165, 1.54) is 17.0 Å². The summed E-state index contributed by atoms with van der Waals surface area (Å²) in [6.07, 6.45) is 3.13. The number of hydrogen-bond acceptors (Lipinski definition) is 6. The Hall–Kier alpha value is -3.69. The summed E-state index contributed by atoms with van der Waals surface area (Å²) in [5.74, 6) is 2.06. The van der Waals surface area contributed by atoms with Crippen LogP contribution >= 0.6 is 11.3 Å². The van der Waals surface area contributed by atoms with Gasteiger partial charge in [-0.25, -0.2) is 14.4 Å². The predicted octanol–water partition coefficient (Wildman–Crippen LogP) is 4.43. The minimum absolute atomic E-state index is 0.0728. The molecule has 0 bridgehead atoms. The summed E-state index contributed by atoms with van der Waals surface area (Å²) in [5.41, 5.74) is 6.75. The number of piperidine rings is 1. The van der Waals surface area contributed by atoms with Crippen molar-refractivity contribution in [3.63, 3.8) is 0 Å². The van der Waals surface area contributed by atoms with E-state index >= 15 is 4.39 Å². The van der Waals surface area contributed by atoms with Crippen LogP contribution in [0.25, 0.3) is 21.1 Å². The number of carbonyl (C=O) groups is 1. The number of halogens is 4. The fourth-order valence-electron chi connectivity index (χ4n) is 4.89. The second-order valence-electron chi connectivity index (χ2n) is 9.34. The Morgan fingerprint density at radius 3 is 2.66 bits per heavy atom. The zero-order valence-corrected chi connectivity index (χ0v) is 21.0. The number of amides is 1. The van der Waals surface area contributed by atoms with Gasteiger partial charge in [0.25, 0.3) is 0 Å². The minimum atomic E-state index is -4.28. The molecule has 1 aromatic carbocycles. The number of anilines is 1. The maximum atomic E-state index is 15.4. The molecule has 198 valence electrons. The second-order valence-corrected chi connectivity index (χ2v) is 10.5. The molecule has 3 aromatic heterocycles. The van der Waals surface area contributed by atoms with Crippen LogP contribution in [0, 0.1) is 18.2 Å². The molecule has 4 aromatic rings. The third kappa shape index (κ3) is 5.44. The predicted molar refractivity (Wildman–Crippen MR) is 138 cm³/mol. The van der Waals surface area contributed by atoms with E-state index in [1.807, 2.05) is 0 Å².